The summed E-state index contributed by atoms with van der Waals surface area (Å²) in [6, 6.07) is 14.4. The highest BCUT2D eigenvalue weighted by Gasteiger charge is 1.96. The van der Waals surface area contributed by atoms with Crippen LogP contribution in [-0.2, 0) is 9.59 Å². The number of hydrogen-bond acceptors (Lipinski definition) is 4. The number of aryl methyl sites for hydroxylation is 3. The molecule has 0 aliphatic rings. The molecular formula is C30H54N2O3. The summed E-state index contributed by atoms with van der Waals surface area (Å²) in [7, 11) is 3.59. The normalized spacial score (nSPS) is 8.09. The van der Waals surface area contributed by atoms with E-state index in [1.165, 1.54) is 42.9 Å². The van der Waals surface area contributed by atoms with Crippen molar-refractivity contribution < 1.29 is 14.3 Å². The van der Waals surface area contributed by atoms with Crippen molar-refractivity contribution in [2.45, 2.75) is 88.0 Å². The van der Waals surface area contributed by atoms with E-state index in [0.717, 1.165) is 37.1 Å². The van der Waals surface area contributed by atoms with Gasteiger partial charge in [0.2, 0.25) is 6.41 Å². The first kappa shape index (κ1) is 39.4. The first-order valence-electron chi connectivity index (χ1n) is 12.8. The van der Waals surface area contributed by atoms with Gasteiger partial charge >= 0.3 is 0 Å². The molecule has 0 heterocycles. The lowest BCUT2D eigenvalue weighted by Crippen LogP contribution is -2.11. The summed E-state index contributed by atoms with van der Waals surface area (Å²) >= 11 is 0. The van der Waals surface area contributed by atoms with E-state index in [9.17, 15) is 4.79 Å². The summed E-state index contributed by atoms with van der Waals surface area (Å²) in [5.41, 5.74) is 5.00. The molecule has 0 saturated carbocycles. The molecule has 202 valence electrons. The smallest absolute Gasteiger partial charge is 0.207 e. The van der Waals surface area contributed by atoms with Gasteiger partial charge in [0.25, 0.3) is 0 Å². The second kappa shape index (κ2) is 33.4. The SMILES string of the molecule is CC.CC.CC=O.CCCCCCNC=O.CNc1ccc(OC)cc1C.Cc1ccc(C)cc1. The Balaban J connectivity index is -0.000000184. The molecule has 35 heavy (non-hydrogen) atoms. The minimum atomic E-state index is 0.750. The summed E-state index contributed by atoms with van der Waals surface area (Å²) in [4.78, 5) is 18.5. The number of benzene rings is 2. The quantitative estimate of drug-likeness (QED) is 0.291. The van der Waals surface area contributed by atoms with Gasteiger partial charge in [0.1, 0.15) is 12.0 Å². The number of methoxy groups -OCH3 is 1. The van der Waals surface area contributed by atoms with Crippen LogP contribution in [0.25, 0.3) is 0 Å². The molecule has 0 aliphatic carbocycles. The van der Waals surface area contributed by atoms with Gasteiger partial charge in [-0.2, -0.15) is 0 Å². The van der Waals surface area contributed by atoms with Crippen LogP contribution < -0.4 is 15.4 Å². The van der Waals surface area contributed by atoms with E-state index in [-0.39, 0.29) is 0 Å². The third-order valence-corrected chi connectivity index (χ3v) is 4.18. The standard InChI is InChI=1S/C9H13NO.C8H10.C7H15NO.C2H4O.2C2H6/c1-7-6-8(11-3)4-5-9(7)10-2;1-7-3-5-8(2)6-4-7;1-2-3-4-5-6-8-7-9;1-2-3;2*1-2/h4-6,10H,1-3H3;3-6H,1-2H3;7H,2-6H2,1H3,(H,8,9);2H,1H3;2*1-2H3. The molecule has 2 aromatic rings. The maximum atomic E-state index is 9.73. The first-order chi connectivity index (χ1) is 16.9. The average molecular weight is 491 g/mol. The van der Waals surface area contributed by atoms with E-state index in [2.05, 4.69) is 55.7 Å². The van der Waals surface area contributed by atoms with Crippen molar-refractivity contribution in [3.63, 3.8) is 0 Å². The molecule has 2 aromatic carbocycles. The number of rotatable bonds is 8. The third kappa shape index (κ3) is 29.1. The molecular weight excluding hydrogens is 436 g/mol. The number of amides is 1. The molecule has 0 radical (unpaired) electrons. The number of carbonyl (C=O) groups is 2. The van der Waals surface area contributed by atoms with Crippen LogP contribution in [0.3, 0.4) is 0 Å². The highest BCUT2D eigenvalue weighted by atomic mass is 16.5. The van der Waals surface area contributed by atoms with E-state index >= 15 is 0 Å². The molecule has 0 aliphatic heterocycles. The van der Waals surface area contributed by atoms with Gasteiger partial charge in [0, 0.05) is 19.3 Å². The molecule has 0 aromatic heterocycles. The van der Waals surface area contributed by atoms with Crippen LogP contribution >= 0.6 is 0 Å². The summed E-state index contributed by atoms with van der Waals surface area (Å²) in [6.45, 7) is 18.7. The zero-order chi connectivity index (χ0) is 27.9. The Morgan fingerprint density at radius 3 is 1.66 bits per heavy atom. The molecule has 0 fully saturated rings. The lowest BCUT2D eigenvalue weighted by molar-refractivity contribution is -0.109. The average Bonchev–Trinajstić information content (AvgIpc) is 2.89. The van der Waals surface area contributed by atoms with Gasteiger partial charge in [-0.05, 0) is 57.9 Å². The number of hydrogen-bond donors (Lipinski definition) is 2. The van der Waals surface area contributed by atoms with Crippen molar-refractivity contribution >= 4 is 18.4 Å². The third-order valence-electron chi connectivity index (χ3n) is 4.18. The first-order valence-corrected chi connectivity index (χ1v) is 12.8. The number of carbonyl (C=O) groups excluding carboxylic acids is 2. The van der Waals surface area contributed by atoms with Crippen molar-refractivity contribution in [1.82, 2.24) is 5.32 Å². The topological polar surface area (TPSA) is 67.4 Å². The zero-order valence-electron chi connectivity index (χ0n) is 24.5. The molecule has 0 spiro atoms. The molecule has 0 saturated heterocycles. The fourth-order valence-corrected chi connectivity index (χ4v) is 2.39. The van der Waals surface area contributed by atoms with Crippen LogP contribution in [0.5, 0.6) is 5.75 Å². The van der Waals surface area contributed by atoms with Crippen LogP contribution in [-0.4, -0.2) is 33.4 Å². The van der Waals surface area contributed by atoms with Gasteiger partial charge in [-0.1, -0.05) is 89.3 Å². The van der Waals surface area contributed by atoms with Crippen LogP contribution in [0.1, 0.15) is 83.9 Å². The number of anilines is 1. The monoisotopic (exact) mass is 490 g/mol. The van der Waals surface area contributed by atoms with Gasteiger partial charge in [-0.15, -0.1) is 0 Å². The fourth-order valence-electron chi connectivity index (χ4n) is 2.39. The van der Waals surface area contributed by atoms with Crippen molar-refractivity contribution in [2.75, 3.05) is 26.0 Å². The number of nitrogens with one attached hydrogen (secondary N) is 2. The lowest BCUT2D eigenvalue weighted by atomic mass is 10.2. The van der Waals surface area contributed by atoms with Gasteiger partial charge < -0.3 is 20.2 Å². The lowest BCUT2D eigenvalue weighted by Gasteiger charge is -2.06. The molecule has 2 N–H and O–H groups in total. The van der Waals surface area contributed by atoms with Gasteiger partial charge in [0.05, 0.1) is 7.11 Å². The highest BCUT2D eigenvalue weighted by molar-refractivity contribution is 5.53. The van der Waals surface area contributed by atoms with E-state index in [0.29, 0.717) is 0 Å². The Kier molecular flexibility index (Phi) is 37.5. The minimum absolute atomic E-state index is 0.750. The maximum absolute atomic E-state index is 9.73. The van der Waals surface area contributed by atoms with E-state index in [1.54, 1.807) is 7.11 Å². The Bertz CT molecular complexity index is 666. The van der Waals surface area contributed by atoms with Crippen molar-refractivity contribution in [3.8, 4) is 5.75 Å². The Morgan fingerprint density at radius 1 is 0.829 bits per heavy atom. The second-order valence-electron chi connectivity index (χ2n) is 6.95. The van der Waals surface area contributed by atoms with Crippen LogP contribution in [0.4, 0.5) is 5.69 Å². The van der Waals surface area contributed by atoms with Gasteiger partial charge in [-0.25, -0.2) is 0 Å². The summed E-state index contributed by atoms with van der Waals surface area (Å²) in [5, 5.41) is 5.72. The fraction of sp³-hybridized carbons (Fsp3) is 0.533. The molecule has 2 rings (SSSR count). The van der Waals surface area contributed by atoms with Crippen molar-refractivity contribution in [3.05, 3.63) is 59.2 Å². The molecule has 1 amide bonds. The molecule has 0 unspecified atom stereocenters. The highest BCUT2D eigenvalue weighted by Crippen LogP contribution is 2.19. The van der Waals surface area contributed by atoms with Crippen LogP contribution in [0.15, 0.2) is 42.5 Å². The number of unbranched alkanes of at least 4 members (excludes halogenated alkanes) is 3. The van der Waals surface area contributed by atoms with Crippen LogP contribution in [0.2, 0.25) is 0 Å². The van der Waals surface area contributed by atoms with Crippen LogP contribution in [0, 0.1) is 20.8 Å². The molecule has 0 atom stereocenters. The van der Waals surface area contributed by atoms with E-state index in [1.807, 2.05) is 59.9 Å². The van der Waals surface area contributed by atoms with Crippen molar-refractivity contribution in [1.29, 1.82) is 0 Å². The summed E-state index contributed by atoms with van der Waals surface area (Å²) < 4.78 is 5.07. The van der Waals surface area contributed by atoms with Crippen molar-refractivity contribution in [2.24, 2.45) is 0 Å². The predicted molar refractivity (Wildman–Crippen MR) is 156 cm³/mol. The van der Waals surface area contributed by atoms with E-state index in [4.69, 9.17) is 9.53 Å². The van der Waals surface area contributed by atoms with Gasteiger partial charge in [-0.3, -0.25) is 4.79 Å². The largest absolute Gasteiger partial charge is 0.497 e. The Labute approximate surface area is 217 Å². The summed E-state index contributed by atoms with van der Waals surface area (Å²) in [6.07, 6.45) is 6.39. The Morgan fingerprint density at radius 2 is 1.31 bits per heavy atom. The molecule has 0 bridgehead atoms. The molecule has 5 heteroatoms. The zero-order valence-corrected chi connectivity index (χ0v) is 24.5. The van der Waals surface area contributed by atoms with E-state index < -0.39 is 0 Å². The predicted octanol–water partition coefficient (Wildman–Crippen LogP) is 7.92. The molecule has 5 nitrogen and oxygen atoms in total. The minimum Gasteiger partial charge on any atom is -0.497 e. The second-order valence-corrected chi connectivity index (χ2v) is 6.95. The summed E-state index contributed by atoms with van der Waals surface area (Å²) in [5.74, 6) is 0.904. The van der Waals surface area contributed by atoms with Gasteiger partial charge in [0.15, 0.2) is 0 Å². The number of aldehydes is 1. The number of ether oxygens (including phenoxy) is 1. The maximum Gasteiger partial charge on any atom is 0.207 e. The Hall–Kier alpha value is -2.82.